The number of amidine groups is 1. The smallest absolute Gasteiger partial charge is 0.143 e. The van der Waals surface area contributed by atoms with Crippen LogP contribution in [0.1, 0.15) is 17.8 Å². The molecule has 0 amide bonds. The molecule has 1 fully saturated rings. The number of piperidine rings is 1. The third-order valence-corrected chi connectivity index (χ3v) is 3.65. The van der Waals surface area contributed by atoms with E-state index < -0.39 is 0 Å². The van der Waals surface area contributed by atoms with Crippen molar-refractivity contribution < 1.29 is 5.21 Å². The second kappa shape index (κ2) is 5.27. The molecule has 0 saturated carbocycles. The van der Waals surface area contributed by atoms with Crippen LogP contribution in [-0.4, -0.2) is 34.0 Å². The van der Waals surface area contributed by atoms with Crippen molar-refractivity contribution in [1.82, 2.24) is 9.88 Å². The summed E-state index contributed by atoms with van der Waals surface area (Å²) in [5, 5.41) is 14.9. The van der Waals surface area contributed by atoms with Gasteiger partial charge in [0.25, 0.3) is 0 Å². The minimum atomic E-state index is 0.179. The van der Waals surface area contributed by atoms with E-state index in [1.54, 1.807) is 11.3 Å². The van der Waals surface area contributed by atoms with E-state index in [0.29, 0.717) is 5.84 Å². The molecule has 6 heteroatoms. The largest absolute Gasteiger partial charge is 0.409 e. The molecule has 0 aromatic carbocycles. The first kappa shape index (κ1) is 11.3. The van der Waals surface area contributed by atoms with Gasteiger partial charge in [0.2, 0.25) is 0 Å². The Balaban J connectivity index is 1.92. The molecule has 3 N–H and O–H groups in total. The number of hydrogen-bond donors (Lipinski definition) is 2. The molecule has 0 bridgehead atoms. The van der Waals surface area contributed by atoms with Gasteiger partial charge in [0, 0.05) is 24.0 Å². The van der Waals surface area contributed by atoms with Crippen LogP contribution in [0.4, 0.5) is 0 Å². The molecule has 16 heavy (non-hydrogen) atoms. The van der Waals surface area contributed by atoms with Crippen molar-refractivity contribution in [2.24, 2.45) is 16.8 Å². The van der Waals surface area contributed by atoms with Crippen molar-refractivity contribution in [1.29, 1.82) is 0 Å². The number of nitrogens with two attached hydrogens (primary N) is 1. The maximum Gasteiger partial charge on any atom is 0.143 e. The molecule has 0 aliphatic carbocycles. The fourth-order valence-corrected chi connectivity index (χ4v) is 2.70. The number of thiazole rings is 1. The number of likely N-dealkylation sites (tertiary alicyclic amines) is 1. The Morgan fingerprint density at radius 3 is 3.31 bits per heavy atom. The van der Waals surface area contributed by atoms with Crippen LogP contribution in [-0.2, 0) is 6.54 Å². The van der Waals surface area contributed by atoms with Gasteiger partial charge >= 0.3 is 0 Å². The molecule has 1 aromatic heterocycles. The molecular formula is C10H16N4OS. The van der Waals surface area contributed by atoms with Crippen LogP contribution in [0.5, 0.6) is 0 Å². The molecule has 0 radical (unpaired) electrons. The minimum Gasteiger partial charge on any atom is -0.409 e. The Morgan fingerprint density at radius 2 is 2.62 bits per heavy atom. The van der Waals surface area contributed by atoms with Crippen molar-refractivity contribution in [3.63, 3.8) is 0 Å². The first-order valence-corrected chi connectivity index (χ1v) is 6.25. The summed E-state index contributed by atoms with van der Waals surface area (Å²) in [5.41, 5.74) is 5.64. The number of nitrogens with zero attached hydrogens (tertiary/aromatic N) is 3. The predicted octanol–water partition coefficient (Wildman–Crippen LogP) is 1.10. The highest BCUT2D eigenvalue weighted by atomic mass is 32.1. The molecule has 1 aliphatic heterocycles. The topological polar surface area (TPSA) is 74.7 Å². The fraction of sp³-hybridized carbons (Fsp3) is 0.600. The highest BCUT2D eigenvalue weighted by Crippen LogP contribution is 2.19. The third-order valence-electron chi connectivity index (χ3n) is 2.88. The molecule has 1 unspecified atom stereocenters. The van der Waals surface area contributed by atoms with Gasteiger partial charge in [0.05, 0.1) is 6.54 Å². The average molecular weight is 240 g/mol. The van der Waals surface area contributed by atoms with Gasteiger partial charge in [-0.3, -0.25) is 4.90 Å². The van der Waals surface area contributed by atoms with E-state index in [4.69, 9.17) is 10.9 Å². The summed E-state index contributed by atoms with van der Waals surface area (Å²) in [7, 11) is 0. The Bertz CT molecular complexity index is 352. The van der Waals surface area contributed by atoms with Crippen molar-refractivity contribution >= 4 is 17.2 Å². The van der Waals surface area contributed by atoms with Gasteiger partial charge in [-0.05, 0) is 19.4 Å². The van der Waals surface area contributed by atoms with E-state index >= 15 is 0 Å². The van der Waals surface area contributed by atoms with Gasteiger partial charge in [-0.2, -0.15) is 0 Å². The summed E-state index contributed by atoms with van der Waals surface area (Å²) in [6.07, 6.45) is 3.92. The van der Waals surface area contributed by atoms with E-state index in [-0.39, 0.29) is 5.92 Å². The third kappa shape index (κ3) is 2.70. The highest BCUT2D eigenvalue weighted by Gasteiger charge is 2.23. The maximum atomic E-state index is 8.66. The van der Waals surface area contributed by atoms with E-state index in [0.717, 1.165) is 37.5 Å². The first-order valence-electron chi connectivity index (χ1n) is 5.37. The van der Waals surface area contributed by atoms with Crippen LogP contribution in [0.3, 0.4) is 0 Å². The van der Waals surface area contributed by atoms with Crippen molar-refractivity contribution in [3.8, 4) is 0 Å². The molecule has 1 saturated heterocycles. The predicted molar refractivity (Wildman–Crippen MR) is 63.5 cm³/mol. The zero-order valence-corrected chi connectivity index (χ0v) is 9.86. The van der Waals surface area contributed by atoms with Gasteiger partial charge in [-0.15, -0.1) is 11.3 Å². The van der Waals surface area contributed by atoms with E-state index in [9.17, 15) is 0 Å². The molecule has 88 valence electrons. The zero-order chi connectivity index (χ0) is 11.4. The fourth-order valence-electron chi connectivity index (χ4n) is 2.04. The SMILES string of the molecule is NC(=NO)C1CCCN(Cc2nccs2)C1. The summed E-state index contributed by atoms with van der Waals surface area (Å²) >= 11 is 1.67. The summed E-state index contributed by atoms with van der Waals surface area (Å²) in [6.45, 7) is 2.79. The lowest BCUT2D eigenvalue weighted by Gasteiger charge is -2.31. The van der Waals surface area contributed by atoms with Gasteiger partial charge in [-0.1, -0.05) is 5.16 Å². The second-order valence-electron chi connectivity index (χ2n) is 4.02. The van der Waals surface area contributed by atoms with E-state index in [2.05, 4.69) is 15.0 Å². The van der Waals surface area contributed by atoms with Crippen molar-refractivity contribution in [2.75, 3.05) is 13.1 Å². The quantitative estimate of drug-likeness (QED) is 0.359. The van der Waals surface area contributed by atoms with Gasteiger partial charge < -0.3 is 10.9 Å². The van der Waals surface area contributed by atoms with Gasteiger partial charge in [0.1, 0.15) is 10.8 Å². The van der Waals surface area contributed by atoms with Crippen LogP contribution in [0.2, 0.25) is 0 Å². The second-order valence-corrected chi connectivity index (χ2v) is 5.00. The lowest BCUT2D eigenvalue weighted by Crippen LogP contribution is -2.40. The maximum absolute atomic E-state index is 8.66. The number of hydrogen-bond acceptors (Lipinski definition) is 5. The molecule has 2 heterocycles. The molecule has 1 aromatic rings. The summed E-state index contributed by atoms with van der Waals surface area (Å²) < 4.78 is 0. The highest BCUT2D eigenvalue weighted by molar-refractivity contribution is 7.09. The standard InChI is InChI=1S/C10H16N4OS/c11-10(13-15)8-2-1-4-14(6-8)7-9-12-3-5-16-9/h3,5,8,15H,1-2,4,6-7H2,(H2,11,13). The van der Waals surface area contributed by atoms with Gasteiger partial charge in [0.15, 0.2) is 0 Å². The summed E-state index contributed by atoms with van der Waals surface area (Å²) in [5.74, 6) is 0.530. The van der Waals surface area contributed by atoms with Crippen molar-refractivity contribution in [2.45, 2.75) is 19.4 Å². The van der Waals surface area contributed by atoms with E-state index in [1.807, 2.05) is 11.6 Å². The first-order chi connectivity index (χ1) is 7.79. The monoisotopic (exact) mass is 240 g/mol. The van der Waals surface area contributed by atoms with Crippen LogP contribution in [0.25, 0.3) is 0 Å². The van der Waals surface area contributed by atoms with Crippen LogP contribution < -0.4 is 5.73 Å². The molecule has 2 rings (SSSR count). The number of oxime groups is 1. The lowest BCUT2D eigenvalue weighted by molar-refractivity contribution is 0.192. The molecule has 5 nitrogen and oxygen atoms in total. The van der Waals surface area contributed by atoms with E-state index in [1.165, 1.54) is 0 Å². The molecule has 1 aliphatic rings. The summed E-state index contributed by atoms with van der Waals surface area (Å²) in [4.78, 5) is 6.58. The van der Waals surface area contributed by atoms with Crippen LogP contribution in [0.15, 0.2) is 16.7 Å². The lowest BCUT2D eigenvalue weighted by atomic mass is 9.97. The molecule has 0 spiro atoms. The number of aromatic nitrogens is 1. The van der Waals surface area contributed by atoms with Crippen LogP contribution >= 0.6 is 11.3 Å². The Labute approximate surface area is 98.6 Å². The normalized spacial score (nSPS) is 23.5. The number of rotatable bonds is 3. The molecule has 1 atom stereocenters. The summed E-state index contributed by atoms with van der Waals surface area (Å²) in [6, 6.07) is 0. The Kier molecular flexibility index (Phi) is 3.74. The van der Waals surface area contributed by atoms with Crippen molar-refractivity contribution in [3.05, 3.63) is 16.6 Å². The Morgan fingerprint density at radius 1 is 1.75 bits per heavy atom. The average Bonchev–Trinajstić information content (AvgIpc) is 2.81. The zero-order valence-electron chi connectivity index (χ0n) is 9.04. The van der Waals surface area contributed by atoms with Gasteiger partial charge in [-0.25, -0.2) is 4.98 Å². The molecular weight excluding hydrogens is 224 g/mol. The Hall–Kier alpha value is -1.14. The van der Waals surface area contributed by atoms with Crippen LogP contribution in [0, 0.1) is 5.92 Å². The minimum absolute atomic E-state index is 0.179.